The first kappa shape index (κ1) is 15.2. The van der Waals surface area contributed by atoms with Gasteiger partial charge in [0, 0.05) is 43.6 Å². The summed E-state index contributed by atoms with van der Waals surface area (Å²) >= 11 is 0. The molecule has 0 spiro atoms. The largest absolute Gasteiger partial charge is 0.371 e. The third kappa shape index (κ3) is 2.79. The number of aryl methyl sites for hydroxylation is 1. The first-order valence-corrected chi connectivity index (χ1v) is 8.84. The molecule has 1 aromatic heterocycles. The number of amides is 1. The third-order valence-corrected chi connectivity index (χ3v) is 5.29. The van der Waals surface area contributed by atoms with Crippen LogP contribution in [0.3, 0.4) is 0 Å². The van der Waals surface area contributed by atoms with Crippen molar-refractivity contribution in [2.45, 2.75) is 25.7 Å². The number of benzene rings is 1. The standard InChI is InChI=1S/C19H24N4O/c1-22(19(24)18-16-8-5-9-17(16)20-21-18)12-14-10-11-23(13-14)15-6-3-2-4-7-15/h2-4,6-7,14H,5,8-13H2,1H3,(H,20,21). The van der Waals surface area contributed by atoms with Crippen LogP contribution in [0.15, 0.2) is 30.3 Å². The van der Waals surface area contributed by atoms with Gasteiger partial charge in [0.25, 0.3) is 5.91 Å². The molecule has 0 bridgehead atoms. The van der Waals surface area contributed by atoms with E-state index >= 15 is 0 Å². The Labute approximate surface area is 142 Å². The molecule has 0 saturated carbocycles. The van der Waals surface area contributed by atoms with Crippen LogP contribution in [0.2, 0.25) is 0 Å². The molecule has 0 radical (unpaired) electrons. The van der Waals surface area contributed by atoms with E-state index in [9.17, 15) is 4.79 Å². The highest BCUT2D eigenvalue weighted by molar-refractivity contribution is 5.94. The summed E-state index contributed by atoms with van der Waals surface area (Å²) in [7, 11) is 1.91. The Balaban J connectivity index is 1.38. The maximum Gasteiger partial charge on any atom is 0.274 e. The highest BCUT2D eigenvalue weighted by atomic mass is 16.2. The summed E-state index contributed by atoms with van der Waals surface area (Å²) in [5, 5.41) is 7.31. The van der Waals surface area contributed by atoms with Crippen molar-refractivity contribution in [2.24, 2.45) is 5.92 Å². The van der Waals surface area contributed by atoms with Crippen molar-refractivity contribution < 1.29 is 4.79 Å². The van der Waals surface area contributed by atoms with Gasteiger partial charge in [-0.15, -0.1) is 0 Å². The number of aromatic nitrogens is 2. The third-order valence-electron chi connectivity index (χ3n) is 5.29. The van der Waals surface area contributed by atoms with E-state index < -0.39 is 0 Å². The second-order valence-corrected chi connectivity index (χ2v) is 7.00. The van der Waals surface area contributed by atoms with Crippen LogP contribution in [0.25, 0.3) is 0 Å². The van der Waals surface area contributed by atoms with Gasteiger partial charge in [0.15, 0.2) is 5.69 Å². The predicted octanol–water partition coefficient (Wildman–Crippen LogP) is 2.50. The number of rotatable bonds is 4. The van der Waals surface area contributed by atoms with Crippen molar-refractivity contribution in [3.8, 4) is 0 Å². The van der Waals surface area contributed by atoms with E-state index in [1.165, 1.54) is 5.69 Å². The van der Waals surface area contributed by atoms with Crippen LogP contribution < -0.4 is 4.90 Å². The lowest BCUT2D eigenvalue weighted by atomic mass is 10.1. The summed E-state index contributed by atoms with van der Waals surface area (Å²) in [6.45, 7) is 2.87. The maximum absolute atomic E-state index is 12.7. The van der Waals surface area contributed by atoms with Crippen LogP contribution >= 0.6 is 0 Å². The van der Waals surface area contributed by atoms with Crippen molar-refractivity contribution in [1.82, 2.24) is 15.1 Å². The lowest BCUT2D eigenvalue weighted by Gasteiger charge is -2.22. The fourth-order valence-corrected chi connectivity index (χ4v) is 4.00. The number of fused-ring (bicyclic) bond motifs is 1. The number of anilines is 1. The van der Waals surface area contributed by atoms with E-state index in [0.717, 1.165) is 56.6 Å². The minimum Gasteiger partial charge on any atom is -0.371 e. The SMILES string of the molecule is CN(CC1CCN(c2ccccc2)C1)C(=O)c1n[nH]c2c1CCC2. The molecular weight excluding hydrogens is 300 g/mol. The summed E-state index contributed by atoms with van der Waals surface area (Å²) < 4.78 is 0. The number of carbonyl (C=O) groups is 1. The second kappa shape index (κ2) is 6.30. The molecule has 126 valence electrons. The number of nitrogens with one attached hydrogen (secondary N) is 1. The molecule has 1 N–H and O–H groups in total. The van der Waals surface area contributed by atoms with E-state index in [0.29, 0.717) is 11.6 Å². The fraction of sp³-hybridized carbons (Fsp3) is 0.474. The molecule has 2 aromatic rings. The first-order chi connectivity index (χ1) is 11.7. The summed E-state index contributed by atoms with van der Waals surface area (Å²) in [5.74, 6) is 0.582. The number of aromatic amines is 1. The fourth-order valence-electron chi connectivity index (χ4n) is 4.00. The van der Waals surface area contributed by atoms with Crippen molar-refractivity contribution >= 4 is 11.6 Å². The van der Waals surface area contributed by atoms with Gasteiger partial charge in [0.05, 0.1) is 0 Å². The van der Waals surface area contributed by atoms with Crippen molar-refractivity contribution in [2.75, 3.05) is 31.6 Å². The molecule has 5 heteroatoms. The smallest absolute Gasteiger partial charge is 0.274 e. The molecule has 24 heavy (non-hydrogen) atoms. The number of nitrogens with zero attached hydrogens (tertiary/aromatic N) is 3. The van der Waals surface area contributed by atoms with E-state index in [1.54, 1.807) is 0 Å². The molecule has 1 amide bonds. The Morgan fingerprint density at radius 1 is 1.33 bits per heavy atom. The van der Waals surface area contributed by atoms with Crippen molar-refractivity contribution in [3.63, 3.8) is 0 Å². The van der Waals surface area contributed by atoms with E-state index in [2.05, 4.69) is 39.4 Å². The highest BCUT2D eigenvalue weighted by Crippen LogP contribution is 2.26. The Bertz CT molecular complexity index is 724. The van der Waals surface area contributed by atoms with Crippen molar-refractivity contribution in [3.05, 3.63) is 47.3 Å². The number of H-pyrrole nitrogens is 1. The van der Waals surface area contributed by atoms with Crippen LogP contribution in [0.1, 0.15) is 34.6 Å². The van der Waals surface area contributed by atoms with E-state index in [-0.39, 0.29) is 5.91 Å². The summed E-state index contributed by atoms with van der Waals surface area (Å²) in [6, 6.07) is 10.5. The van der Waals surface area contributed by atoms with Crippen LogP contribution in [-0.4, -0.2) is 47.7 Å². The lowest BCUT2D eigenvalue weighted by molar-refractivity contribution is 0.0769. The Morgan fingerprint density at radius 3 is 3.00 bits per heavy atom. The normalized spacial score (nSPS) is 19.5. The molecule has 1 atom stereocenters. The molecule has 1 aliphatic carbocycles. The van der Waals surface area contributed by atoms with Gasteiger partial charge in [-0.1, -0.05) is 18.2 Å². The molecule has 1 fully saturated rings. The number of hydrogen-bond acceptors (Lipinski definition) is 3. The zero-order valence-corrected chi connectivity index (χ0v) is 14.2. The average molecular weight is 324 g/mol. The van der Waals surface area contributed by atoms with Gasteiger partial charge in [0.2, 0.25) is 0 Å². The number of para-hydroxylation sites is 1. The molecule has 2 heterocycles. The number of carbonyl (C=O) groups excluding carboxylic acids is 1. The van der Waals surface area contributed by atoms with Crippen molar-refractivity contribution in [1.29, 1.82) is 0 Å². The molecule has 1 saturated heterocycles. The van der Waals surface area contributed by atoms with Gasteiger partial charge in [-0.3, -0.25) is 9.89 Å². The van der Waals surface area contributed by atoms with Gasteiger partial charge < -0.3 is 9.80 Å². The quantitative estimate of drug-likeness (QED) is 0.940. The topological polar surface area (TPSA) is 52.2 Å². The maximum atomic E-state index is 12.7. The monoisotopic (exact) mass is 324 g/mol. The zero-order valence-electron chi connectivity index (χ0n) is 14.2. The Kier molecular flexibility index (Phi) is 4.00. The average Bonchev–Trinajstić information content (AvgIpc) is 3.31. The molecule has 1 aromatic carbocycles. The zero-order chi connectivity index (χ0) is 16.5. The van der Waals surface area contributed by atoms with Crippen LogP contribution in [0.5, 0.6) is 0 Å². The van der Waals surface area contributed by atoms with Crippen LogP contribution in [0.4, 0.5) is 5.69 Å². The van der Waals surface area contributed by atoms with Gasteiger partial charge in [-0.25, -0.2) is 0 Å². The first-order valence-electron chi connectivity index (χ1n) is 8.84. The van der Waals surface area contributed by atoms with Gasteiger partial charge >= 0.3 is 0 Å². The van der Waals surface area contributed by atoms with E-state index in [1.807, 2.05) is 18.0 Å². The van der Waals surface area contributed by atoms with Gasteiger partial charge in [-0.2, -0.15) is 5.10 Å². The molecule has 5 nitrogen and oxygen atoms in total. The van der Waals surface area contributed by atoms with Crippen LogP contribution in [0, 0.1) is 5.92 Å². The molecule has 2 aliphatic rings. The minimum atomic E-state index is 0.0626. The molecule has 4 rings (SSSR count). The summed E-state index contributed by atoms with van der Waals surface area (Å²) in [5.41, 5.74) is 4.22. The lowest BCUT2D eigenvalue weighted by Crippen LogP contribution is -2.33. The predicted molar refractivity (Wildman–Crippen MR) is 94.3 cm³/mol. The van der Waals surface area contributed by atoms with Gasteiger partial charge in [-0.05, 0) is 43.7 Å². The Morgan fingerprint density at radius 2 is 2.17 bits per heavy atom. The molecule has 1 unspecified atom stereocenters. The Hall–Kier alpha value is -2.30. The van der Waals surface area contributed by atoms with E-state index in [4.69, 9.17) is 0 Å². The highest BCUT2D eigenvalue weighted by Gasteiger charge is 2.28. The number of hydrogen-bond donors (Lipinski definition) is 1. The summed E-state index contributed by atoms with van der Waals surface area (Å²) in [6.07, 6.45) is 4.26. The van der Waals surface area contributed by atoms with Gasteiger partial charge in [0.1, 0.15) is 0 Å². The molecule has 1 aliphatic heterocycles. The second-order valence-electron chi connectivity index (χ2n) is 7.00. The minimum absolute atomic E-state index is 0.0626. The van der Waals surface area contributed by atoms with Crippen LogP contribution in [-0.2, 0) is 12.8 Å². The molecular formula is C19H24N4O. The summed E-state index contributed by atoms with van der Waals surface area (Å²) in [4.78, 5) is 17.0.